The van der Waals surface area contributed by atoms with Gasteiger partial charge in [0.1, 0.15) is 52.3 Å². The molecule has 0 aliphatic heterocycles. The third-order valence-electron chi connectivity index (χ3n) is 20.9. The first-order chi connectivity index (χ1) is 54.8. The first-order valence-electron chi connectivity index (χ1n) is 39.0. The second-order valence-corrected chi connectivity index (χ2v) is 29.5. The Balaban J connectivity index is 0.000000149. The van der Waals surface area contributed by atoms with Crippen molar-refractivity contribution in [1.29, 1.82) is 10.5 Å². The van der Waals surface area contributed by atoms with Gasteiger partial charge in [-0.15, -0.1) is 12.8 Å². The molecule has 0 spiro atoms. The normalized spacial score (nSPS) is 20.7. The average molecular weight is 1540 g/mol. The monoisotopic (exact) mass is 1530 g/mol. The van der Waals surface area contributed by atoms with Gasteiger partial charge in [-0.25, -0.2) is 33.7 Å². The van der Waals surface area contributed by atoms with E-state index in [1.807, 2.05) is 43.5 Å². The lowest BCUT2D eigenvalue weighted by Gasteiger charge is -2.27. The van der Waals surface area contributed by atoms with Crippen LogP contribution in [-0.2, 0) is 30.6 Å². The molecule has 590 valence electrons. The van der Waals surface area contributed by atoms with Crippen LogP contribution in [0.1, 0.15) is 190 Å². The summed E-state index contributed by atoms with van der Waals surface area (Å²) in [6, 6.07) is 27.1. The molecule has 113 heavy (non-hydrogen) atoms. The van der Waals surface area contributed by atoms with Crippen LogP contribution >= 0.6 is 0 Å². The average Bonchev–Trinajstić information content (AvgIpc) is 1.66. The number of hydrogen-bond donors (Lipinski definition) is 12. The summed E-state index contributed by atoms with van der Waals surface area (Å²) in [5.74, 6) is 6.86. The van der Waals surface area contributed by atoms with Crippen LogP contribution in [0.3, 0.4) is 0 Å². The number of terminal acetylenes is 2. The van der Waals surface area contributed by atoms with E-state index in [0.29, 0.717) is 114 Å². The first-order valence-corrected chi connectivity index (χ1v) is 39.0. The Morgan fingerprint density at radius 1 is 0.522 bits per heavy atom. The Morgan fingerprint density at radius 2 is 0.973 bits per heavy atom. The van der Waals surface area contributed by atoms with Crippen LogP contribution in [0.4, 0.5) is 55.8 Å². The van der Waals surface area contributed by atoms with Crippen LogP contribution in [0.2, 0.25) is 0 Å². The van der Waals surface area contributed by atoms with Gasteiger partial charge in [-0.2, -0.15) is 30.5 Å². The van der Waals surface area contributed by atoms with Gasteiger partial charge in [0, 0.05) is 93.8 Å². The number of anilines is 8. The molecule has 14 rings (SSSR count). The Morgan fingerprint density at radius 3 is 1.46 bits per heavy atom. The Bertz CT molecular complexity index is 4680. The number of nitriles is 2. The summed E-state index contributed by atoms with van der Waals surface area (Å²) in [6.45, 7) is 4.34. The van der Waals surface area contributed by atoms with E-state index < -0.39 is 12.5 Å². The lowest BCUT2D eigenvalue weighted by molar-refractivity contribution is -0.119. The van der Waals surface area contributed by atoms with Crippen LogP contribution in [0.5, 0.6) is 5.88 Å². The predicted molar refractivity (Wildman–Crippen MR) is 432 cm³/mol. The molecule has 28 heteroatoms. The summed E-state index contributed by atoms with van der Waals surface area (Å²) >= 11 is 0. The lowest BCUT2D eigenvalue weighted by atomic mass is 9.93. The molecule has 6 aromatic heterocycles. The van der Waals surface area contributed by atoms with Crippen molar-refractivity contribution >= 4 is 58.4 Å². The number of alkyl halides is 2. The summed E-state index contributed by atoms with van der Waals surface area (Å²) in [4.78, 5) is 55.5. The van der Waals surface area contributed by atoms with E-state index in [0.717, 1.165) is 139 Å². The molecule has 0 bridgehead atoms. The first kappa shape index (κ1) is 82.4. The number of ketones is 1. The van der Waals surface area contributed by atoms with Gasteiger partial charge in [0.15, 0.2) is 6.61 Å². The minimum absolute atomic E-state index is 0.0602. The molecule has 0 radical (unpaired) electrons. The van der Waals surface area contributed by atoms with Gasteiger partial charge < -0.3 is 67.7 Å². The van der Waals surface area contributed by atoms with Gasteiger partial charge in [0.2, 0.25) is 29.7 Å². The number of fused-ring (bicyclic) bond motifs is 2. The number of nitrogens with zero attached hydrogens (tertiary/aromatic N) is 12. The maximum absolute atomic E-state index is 13.1. The summed E-state index contributed by atoms with van der Waals surface area (Å²) in [5.41, 5.74) is 11.4. The molecule has 6 heterocycles. The van der Waals surface area contributed by atoms with Crippen molar-refractivity contribution in [2.24, 2.45) is 0 Å². The van der Waals surface area contributed by atoms with Gasteiger partial charge >= 0.3 is 0 Å². The molecule has 26 nitrogen and oxygen atoms in total. The summed E-state index contributed by atoms with van der Waals surface area (Å²) in [6.07, 6.45) is 41.3. The summed E-state index contributed by atoms with van der Waals surface area (Å²) in [5, 5.41) is 83.6. The largest absolute Gasteiger partial charge is 0.471 e. The lowest BCUT2D eigenvalue weighted by Crippen LogP contribution is -2.29. The topological polar surface area (TPSA) is 380 Å². The van der Waals surface area contributed by atoms with Crippen molar-refractivity contribution in [3.8, 4) is 42.7 Å². The summed E-state index contributed by atoms with van der Waals surface area (Å²) in [7, 11) is 0. The van der Waals surface area contributed by atoms with Gasteiger partial charge in [-0.1, -0.05) is 72.5 Å². The Labute approximate surface area is 658 Å². The van der Waals surface area contributed by atoms with E-state index >= 15 is 0 Å². The standard InChI is InChI=1S/C23H26N4O2.C23H26N4O.C20H24F2N6O2.C19H24N6O/c1-2-15-14-25-23(27-22(15)26-17-7-9-18(28)10-8-17)24-12-11-20-19-6-4-3-5-16(19)13-21(20)29;1-2-16-15-25-23(27-22(16)26-19-9-11-20(28)12-10-19)24-14-13-18-8-7-17-5-3-4-6-21(17)18;1-20(21,22)12-30-18-13(3-2-8-24-18)10-25-19-26-11-14(9-23)17(28-19)27-15-4-6-16(29)7-5-15;1-13-11-21-8-6-14(13)7-9-22-19-23-12-15(10-20)18(25-19)24-16-2-4-17(26)5-3-16/h1,3-6,14,17-18,20,28H,7-13H2,(H2,24,25,26,27);1,3-6,8,15,19-20,28H,7,9-14H2,(H2,24,25,26,27);2-3,8,11,15-16,29H,4-7,10,12H2,1H3,(H2,25,26,27,28);6,8,11-12,16-17,26H,2-5,7,9H2,1H3,(H2,22,23,24,25). The highest BCUT2D eigenvalue weighted by molar-refractivity contribution is 5.92. The quantitative estimate of drug-likeness (QED) is 0.0224. The van der Waals surface area contributed by atoms with Gasteiger partial charge in [-0.3, -0.25) is 9.78 Å². The number of carbonyl (C=O) groups is 1. The molecular formula is C85H100F2N20O6. The number of aliphatic hydroxyl groups is 4. The highest BCUT2D eigenvalue weighted by Crippen LogP contribution is 2.35. The SMILES string of the molecule is C#Cc1cnc(NCCC2=CCc3ccccc32)nc1NC1CCC(O)CC1.C#Cc1cnc(NCCC2C(=O)Cc3ccccc32)nc1NC1CCC(O)CC1.CC(F)(F)COc1ncccc1CNc1ncc(C#N)c(NC2CCC(O)CC2)n1.Cc1cnccc1CCNc1ncc(C#N)c(NC2CCC(O)CC2)n1. The Hall–Kier alpha value is -11.5. The molecule has 6 aliphatic carbocycles. The molecular weight excluding hydrogens is 1440 g/mol. The van der Waals surface area contributed by atoms with Crippen molar-refractivity contribution in [2.45, 2.75) is 216 Å². The fourth-order valence-corrected chi connectivity index (χ4v) is 14.6. The highest BCUT2D eigenvalue weighted by atomic mass is 19.3. The van der Waals surface area contributed by atoms with Crippen LogP contribution in [0.15, 0.2) is 116 Å². The number of aromatic nitrogens is 10. The van der Waals surface area contributed by atoms with Crippen molar-refractivity contribution in [1.82, 2.24) is 49.8 Å². The second-order valence-electron chi connectivity index (χ2n) is 29.5. The van der Waals surface area contributed by atoms with E-state index in [9.17, 15) is 44.5 Å². The van der Waals surface area contributed by atoms with Gasteiger partial charge in [0.25, 0.3) is 5.92 Å². The number of rotatable bonds is 26. The predicted octanol–water partition coefficient (Wildman–Crippen LogP) is 12.0. The number of Topliss-reactive ketones (excluding diaryl/α,β-unsaturated/α-hetero) is 1. The zero-order valence-electron chi connectivity index (χ0n) is 63.9. The highest BCUT2D eigenvalue weighted by Gasteiger charge is 2.31. The summed E-state index contributed by atoms with van der Waals surface area (Å²) < 4.78 is 31.3. The third-order valence-corrected chi connectivity index (χ3v) is 20.9. The van der Waals surface area contributed by atoms with E-state index in [1.165, 1.54) is 34.7 Å². The molecule has 0 saturated heterocycles. The minimum atomic E-state index is -2.96. The van der Waals surface area contributed by atoms with Gasteiger partial charge in [0.05, 0.1) is 60.3 Å². The molecule has 4 fully saturated rings. The number of nitrogens with one attached hydrogen (secondary N) is 8. The van der Waals surface area contributed by atoms with E-state index in [4.69, 9.17) is 17.6 Å². The molecule has 6 aliphatic rings. The van der Waals surface area contributed by atoms with Gasteiger partial charge in [-0.05, 0) is 186 Å². The maximum atomic E-state index is 13.1. The number of aliphatic hydroxyl groups excluding tert-OH is 4. The fraction of sp³-hybridized carbons (Fsp3) is 0.447. The van der Waals surface area contributed by atoms with E-state index in [1.54, 1.807) is 36.9 Å². The number of benzene rings is 2. The molecule has 4 saturated carbocycles. The van der Waals surface area contributed by atoms with Crippen LogP contribution < -0.4 is 47.3 Å². The van der Waals surface area contributed by atoms with Crippen molar-refractivity contribution in [3.63, 3.8) is 0 Å². The van der Waals surface area contributed by atoms with Crippen LogP contribution in [-0.4, -0.2) is 157 Å². The number of aryl methyl sites for hydroxylation is 1. The molecule has 12 N–H and O–H groups in total. The zero-order valence-corrected chi connectivity index (χ0v) is 63.9. The van der Waals surface area contributed by atoms with Crippen LogP contribution in [0, 0.1) is 54.3 Å². The minimum Gasteiger partial charge on any atom is -0.471 e. The van der Waals surface area contributed by atoms with Crippen molar-refractivity contribution in [3.05, 3.63) is 177 Å². The fourth-order valence-electron chi connectivity index (χ4n) is 14.6. The molecule has 2 aromatic carbocycles. The maximum Gasteiger partial charge on any atom is 0.278 e. The van der Waals surface area contributed by atoms with Crippen molar-refractivity contribution < 1.29 is 38.7 Å². The smallest absolute Gasteiger partial charge is 0.278 e. The van der Waals surface area contributed by atoms with Crippen LogP contribution in [0.25, 0.3) is 5.57 Å². The third kappa shape index (κ3) is 24.7. The number of hydrogen-bond acceptors (Lipinski definition) is 26. The van der Waals surface area contributed by atoms with E-state index in [-0.39, 0.29) is 72.6 Å². The number of allylic oxidation sites excluding steroid dienone is 1. The van der Waals surface area contributed by atoms with E-state index in [2.05, 4.69) is 147 Å². The zero-order chi connectivity index (χ0) is 79.5. The second kappa shape index (κ2) is 41.1. The number of halogens is 2. The number of pyridine rings is 2. The number of carbonyl (C=O) groups excluding carboxylic acids is 1. The molecule has 1 atom stereocenters. The Kier molecular flexibility index (Phi) is 30.0. The number of ether oxygens (including phenoxy) is 1. The van der Waals surface area contributed by atoms with Crippen molar-refractivity contribution in [2.75, 3.05) is 68.8 Å². The molecule has 1 unspecified atom stereocenters. The molecule has 0 amide bonds. The molecule has 8 aromatic rings.